The van der Waals surface area contributed by atoms with Gasteiger partial charge in [0.05, 0.1) is 22.8 Å². The molecule has 0 saturated heterocycles. The molecule has 0 saturated carbocycles. The molecular formula is C25H16N2O4. The van der Waals surface area contributed by atoms with Crippen LogP contribution in [0.5, 0.6) is 5.75 Å². The summed E-state index contributed by atoms with van der Waals surface area (Å²) < 4.78 is 5.34. The standard InChI is InChI=1S/C25H16N2O4/c26-15-19(18-8-2-1-3-9-18)13-17-7-6-10-20(14-17)31-23(28)16-27-24(29)21-11-4-5-12-22(21)25(27)30/h1-14H,16H2/b19-13-. The summed E-state index contributed by atoms with van der Waals surface area (Å²) in [7, 11) is 0. The number of carbonyl (C=O) groups excluding carboxylic acids is 3. The number of benzene rings is 3. The van der Waals surface area contributed by atoms with Gasteiger partial charge in [-0.15, -0.1) is 0 Å². The van der Waals surface area contributed by atoms with Gasteiger partial charge in [-0.2, -0.15) is 5.26 Å². The summed E-state index contributed by atoms with van der Waals surface area (Å²) in [5, 5.41) is 9.47. The first-order chi connectivity index (χ1) is 15.1. The molecule has 0 fully saturated rings. The lowest BCUT2D eigenvalue weighted by Crippen LogP contribution is -2.36. The van der Waals surface area contributed by atoms with Crippen molar-refractivity contribution in [2.75, 3.05) is 6.54 Å². The summed E-state index contributed by atoms with van der Waals surface area (Å²) in [6.07, 6.45) is 1.69. The number of amides is 2. The van der Waals surface area contributed by atoms with Crippen molar-refractivity contribution in [2.24, 2.45) is 0 Å². The Morgan fingerprint density at radius 2 is 1.55 bits per heavy atom. The Morgan fingerprint density at radius 3 is 2.19 bits per heavy atom. The van der Waals surface area contributed by atoms with Crippen LogP contribution in [0, 0.1) is 11.3 Å². The van der Waals surface area contributed by atoms with Crippen LogP contribution in [0.2, 0.25) is 0 Å². The lowest BCUT2D eigenvalue weighted by atomic mass is 10.0. The monoisotopic (exact) mass is 408 g/mol. The van der Waals surface area contributed by atoms with Gasteiger partial charge in [-0.3, -0.25) is 14.5 Å². The number of rotatable bonds is 5. The Hall–Kier alpha value is -4.50. The zero-order valence-electron chi connectivity index (χ0n) is 16.3. The van der Waals surface area contributed by atoms with Gasteiger partial charge in [0.15, 0.2) is 0 Å². The van der Waals surface area contributed by atoms with E-state index in [1.807, 2.05) is 30.3 Å². The van der Waals surface area contributed by atoms with Crippen molar-refractivity contribution in [1.29, 1.82) is 5.26 Å². The molecule has 1 aliphatic heterocycles. The fourth-order valence-corrected chi connectivity index (χ4v) is 3.31. The summed E-state index contributed by atoms with van der Waals surface area (Å²) in [4.78, 5) is 38.1. The second-order valence-corrected chi connectivity index (χ2v) is 6.82. The highest BCUT2D eigenvalue weighted by Gasteiger charge is 2.36. The average Bonchev–Trinajstić information content (AvgIpc) is 3.03. The van der Waals surface area contributed by atoms with Gasteiger partial charge < -0.3 is 4.74 Å². The van der Waals surface area contributed by atoms with Crippen LogP contribution in [0.25, 0.3) is 11.6 Å². The largest absolute Gasteiger partial charge is 0.425 e. The molecule has 6 nitrogen and oxygen atoms in total. The van der Waals surface area contributed by atoms with Crippen molar-refractivity contribution in [1.82, 2.24) is 4.90 Å². The molecule has 31 heavy (non-hydrogen) atoms. The molecule has 150 valence electrons. The third-order valence-electron chi connectivity index (χ3n) is 4.77. The maximum Gasteiger partial charge on any atom is 0.331 e. The van der Waals surface area contributed by atoms with E-state index in [-0.39, 0.29) is 16.9 Å². The summed E-state index contributed by atoms with van der Waals surface area (Å²) in [6, 6.07) is 24.5. The molecule has 0 atom stereocenters. The van der Waals surface area contributed by atoms with Gasteiger partial charge >= 0.3 is 5.97 Å². The maximum atomic E-state index is 12.4. The zero-order valence-corrected chi connectivity index (χ0v) is 16.3. The van der Waals surface area contributed by atoms with Crippen molar-refractivity contribution in [2.45, 2.75) is 0 Å². The highest BCUT2D eigenvalue weighted by Crippen LogP contribution is 2.23. The Balaban J connectivity index is 1.48. The molecule has 0 bridgehead atoms. The Kier molecular flexibility index (Phi) is 5.41. The van der Waals surface area contributed by atoms with Crippen molar-refractivity contribution < 1.29 is 19.1 Å². The van der Waals surface area contributed by atoms with Gasteiger partial charge in [0.2, 0.25) is 0 Å². The molecule has 4 rings (SSSR count). The number of fused-ring (bicyclic) bond motifs is 1. The molecule has 0 radical (unpaired) electrons. The number of ether oxygens (including phenoxy) is 1. The number of esters is 1. The first-order valence-electron chi connectivity index (χ1n) is 9.50. The van der Waals surface area contributed by atoms with Crippen LogP contribution < -0.4 is 4.74 Å². The molecular weight excluding hydrogens is 392 g/mol. The van der Waals surface area contributed by atoms with E-state index >= 15 is 0 Å². The topological polar surface area (TPSA) is 87.5 Å². The van der Waals surface area contributed by atoms with Crippen LogP contribution in [-0.4, -0.2) is 29.2 Å². The number of hydrogen-bond donors (Lipinski definition) is 0. The van der Waals surface area contributed by atoms with Gasteiger partial charge in [-0.05, 0) is 41.5 Å². The van der Waals surface area contributed by atoms with Gasteiger partial charge in [0.1, 0.15) is 12.3 Å². The second-order valence-electron chi connectivity index (χ2n) is 6.82. The van der Waals surface area contributed by atoms with Gasteiger partial charge in [0, 0.05) is 0 Å². The molecule has 2 amide bonds. The maximum absolute atomic E-state index is 12.4. The Bertz CT molecular complexity index is 1220. The average molecular weight is 408 g/mol. The van der Waals surface area contributed by atoms with E-state index in [1.165, 1.54) is 0 Å². The van der Waals surface area contributed by atoms with Gasteiger partial charge in [0.25, 0.3) is 11.8 Å². The number of nitriles is 1. The lowest BCUT2D eigenvalue weighted by molar-refractivity contribution is -0.134. The van der Waals surface area contributed by atoms with Crippen molar-refractivity contribution in [3.8, 4) is 11.8 Å². The van der Waals surface area contributed by atoms with Crippen LogP contribution in [-0.2, 0) is 4.79 Å². The van der Waals surface area contributed by atoms with Gasteiger partial charge in [-0.1, -0.05) is 54.6 Å². The molecule has 3 aromatic rings. The first-order valence-corrected chi connectivity index (χ1v) is 9.50. The van der Waals surface area contributed by atoms with Crippen LogP contribution in [0.15, 0.2) is 78.9 Å². The molecule has 0 unspecified atom stereocenters. The smallest absolute Gasteiger partial charge is 0.331 e. The third-order valence-corrected chi connectivity index (χ3v) is 4.77. The second kappa shape index (κ2) is 8.47. The summed E-state index contributed by atoms with van der Waals surface area (Å²) in [6.45, 7) is -0.486. The minimum atomic E-state index is -0.737. The minimum Gasteiger partial charge on any atom is -0.425 e. The molecule has 0 N–H and O–H groups in total. The van der Waals surface area contributed by atoms with E-state index in [4.69, 9.17) is 4.74 Å². The van der Waals surface area contributed by atoms with E-state index in [9.17, 15) is 19.6 Å². The number of imide groups is 1. The number of nitrogens with zero attached hydrogens (tertiary/aromatic N) is 2. The molecule has 0 aliphatic carbocycles. The van der Waals surface area contributed by atoms with E-state index < -0.39 is 24.3 Å². The quantitative estimate of drug-likeness (QED) is 0.210. The van der Waals surface area contributed by atoms with E-state index in [0.29, 0.717) is 11.1 Å². The van der Waals surface area contributed by atoms with Crippen molar-refractivity contribution >= 4 is 29.4 Å². The van der Waals surface area contributed by atoms with E-state index in [2.05, 4.69) is 6.07 Å². The summed E-state index contributed by atoms with van der Waals surface area (Å²) in [5.74, 6) is -1.52. The zero-order chi connectivity index (χ0) is 21.8. The third kappa shape index (κ3) is 4.11. The highest BCUT2D eigenvalue weighted by atomic mass is 16.5. The Morgan fingerprint density at radius 1 is 0.903 bits per heavy atom. The van der Waals surface area contributed by atoms with Crippen LogP contribution in [0.4, 0.5) is 0 Å². The molecule has 3 aromatic carbocycles. The Labute approximate surface area is 178 Å². The lowest BCUT2D eigenvalue weighted by Gasteiger charge is -2.13. The molecule has 1 aliphatic rings. The van der Waals surface area contributed by atoms with Crippen LogP contribution in [0.1, 0.15) is 31.8 Å². The van der Waals surface area contributed by atoms with Crippen molar-refractivity contribution in [3.63, 3.8) is 0 Å². The first kappa shape index (κ1) is 19.8. The van der Waals surface area contributed by atoms with E-state index in [1.54, 1.807) is 54.6 Å². The van der Waals surface area contributed by atoms with Crippen molar-refractivity contribution in [3.05, 3.63) is 101 Å². The normalized spacial score (nSPS) is 13.0. The summed E-state index contributed by atoms with van der Waals surface area (Å²) in [5.41, 5.74) is 2.47. The highest BCUT2D eigenvalue weighted by molar-refractivity contribution is 6.22. The molecule has 0 spiro atoms. The number of hydrogen-bond acceptors (Lipinski definition) is 5. The number of allylic oxidation sites excluding steroid dienone is 1. The predicted octanol–water partition coefficient (Wildman–Crippen LogP) is 3.95. The fourth-order valence-electron chi connectivity index (χ4n) is 3.31. The van der Waals surface area contributed by atoms with Crippen LogP contribution >= 0.6 is 0 Å². The molecule has 0 aromatic heterocycles. The van der Waals surface area contributed by atoms with E-state index in [0.717, 1.165) is 10.5 Å². The minimum absolute atomic E-state index is 0.251. The van der Waals surface area contributed by atoms with Crippen LogP contribution in [0.3, 0.4) is 0 Å². The predicted molar refractivity (Wildman–Crippen MR) is 114 cm³/mol. The fraction of sp³-hybridized carbons (Fsp3) is 0.0400. The van der Waals surface area contributed by atoms with Gasteiger partial charge in [-0.25, -0.2) is 4.79 Å². The SMILES string of the molecule is N#C/C(=C/c1cccc(OC(=O)CN2C(=O)c3ccccc3C2=O)c1)c1ccccc1. The molecule has 1 heterocycles. The number of carbonyl (C=O) groups is 3. The molecule has 6 heteroatoms. The summed E-state index contributed by atoms with van der Waals surface area (Å²) >= 11 is 0.